The molecule has 0 N–H and O–H groups in total. The Balaban J connectivity index is 1.69. The smallest absolute Gasteiger partial charge is 0.257 e. The number of carbonyl (C=O) groups excluding carboxylic acids is 2. The average Bonchev–Trinajstić information content (AvgIpc) is 2.96. The highest BCUT2D eigenvalue weighted by molar-refractivity contribution is 5.97. The van der Waals surface area contributed by atoms with E-state index >= 15 is 0 Å². The van der Waals surface area contributed by atoms with Crippen LogP contribution in [-0.4, -0.2) is 61.0 Å². The number of amides is 2. The molecule has 0 bridgehead atoms. The molecule has 4 rings (SSSR count). The summed E-state index contributed by atoms with van der Waals surface area (Å²) in [6.45, 7) is 4.30. The van der Waals surface area contributed by atoms with Crippen molar-refractivity contribution in [3.8, 4) is 11.5 Å². The molecule has 0 spiro atoms. The van der Waals surface area contributed by atoms with Crippen molar-refractivity contribution < 1.29 is 19.1 Å². The molecule has 1 aliphatic heterocycles. The molecule has 200 valence electrons. The van der Waals surface area contributed by atoms with Gasteiger partial charge in [-0.25, -0.2) is 0 Å². The Bertz CT molecular complexity index is 1200. The van der Waals surface area contributed by atoms with E-state index < -0.39 is 0 Å². The van der Waals surface area contributed by atoms with Gasteiger partial charge >= 0.3 is 0 Å². The molecule has 6 heteroatoms. The van der Waals surface area contributed by atoms with Crippen LogP contribution in [0.25, 0.3) is 0 Å². The maximum Gasteiger partial charge on any atom is 0.257 e. The molecule has 1 atom stereocenters. The predicted octanol–water partition coefficient (Wildman–Crippen LogP) is 5.86. The minimum Gasteiger partial charge on any atom is -0.497 e. The van der Waals surface area contributed by atoms with Gasteiger partial charge in [-0.2, -0.15) is 0 Å². The zero-order valence-corrected chi connectivity index (χ0v) is 22.5. The fourth-order valence-corrected chi connectivity index (χ4v) is 4.98. The van der Waals surface area contributed by atoms with E-state index in [1.54, 1.807) is 13.2 Å². The van der Waals surface area contributed by atoms with Gasteiger partial charge in [0.25, 0.3) is 11.8 Å². The predicted molar refractivity (Wildman–Crippen MR) is 150 cm³/mol. The molecule has 38 heavy (non-hydrogen) atoms. The first-order chi connectivity index (χ1) is 18.6. The minimum absolute atomic E-state index is 0.0101. The Hall–Kier alpha value is -3.80. The number of hydrogen-bond donors (Lipinski definition) is 0. The molecule has 0 unspecified atom stereocenters. The molecule has 2 amide bonds. The number of para-hydroxylation sites is 1. The molecule has 1 aliphatic rings. The number of rotatable bonds is 5. The Morgan fingerprint density at radius 1 is 0.921 bits per heavy atom. The first-order valence-corrected chi connectivity index (χ1v) is 13.6. The number of benzene rings is 3. The Morgan fingerprint density at radius 3 is 2.42 bits per heavy atom. The SMILES string of the molecule is CCN1CCCCCCN(C(=O)c2cccc(OC)c2)[C@H](Cc2ccccc2)COc2ccccc2C1=O. The highest BCUT2D eigenvalue weighted by Gasteiger charge is 2.27. The Morgan fingerprint density at radius 2 is 1.66 bits per heavy atom. The van der Waals surface area contributed by atoms with Crippen molar-refractivity contribution in [3.63, 3.8) is 0 Å². The first-order valence-electron chi connectivity index (χ1n) is 13.6. The van der Waals surface area contributed by atoms with Crippen molar-refractivity contribution in [2.45, 2.75) is 45.1 Å². The fraction of sp³-hybridized carbons (Fsp3) is 0.375. The van der Waals surface area contributed by atoms with Crippen molar-refractivity contribution in [2.24, 2.45) is 0 Å². The quantitative estimate of drug-likeness (QED) is 0.428. The lowest BCUT2D eigenvalue weighted by atomic mass is 10.0. The van der Waals surface area contributed by atoms with E-state index in [-0.39, 0.29) is 24.5 Å². The number of hydrogen-bond acceptors (Lipinski definition) is 4. The van der Waals surface area contributed by atoms with Crippen LogP contribution in [0.3, 0.4) is 0 Å². The topological polar surface area (TPSA) is 59.1 Å². The molecular weight excluding hydrogens is 476 g/mol. The van der Waals surface area contributed by atoms with Gasteiger partial charge in [-0.05, 0) is 62.1 Å². The highest BCUT2D eigenvalue weighted by atomic mass is 16.5. The van der Waals surface area contributed by atoms with E-state index in [2.05, 4.69) is 12.1 Å². The number of carbonyl (C=O) groups is 2. The van der Waals surface area contributed by atoms with E-state index in [0.717, 1.165) is 31.2 Å². The van der Waals surface area contributed by atoms with Crippen molar-refractivity contribution in [1.29, 1.82) is 0 Å². The zero-order chi connectivity index (χ0) is 26.7. The van der Waals surface area contributed by atoms with Gasteiger partial charge in [0.15, 0.2) is 0 Å². The second-order valence-electron chi connectivity index (χ2n) is 9.68. The lowest BCUT2D eigenvalue weighted by molar-refractivity contribution is 0.0597. The number of fused-ring (bicyclic) bond motifs is 1. The summed E-state index contributed by atoms with van der Waals surface area (Å²) in [6.07, 6.45) is 4.46. The molecule has 0 fully saturated rings. The highest BCUT2D eigenvalue weighted by Crippen LogP contribution is 2.24. The van der Waals surface area contributed by atoms with Crippen LogP contribution in [0.4, 0.5) is 0 Å². The number of nitrogens with zero attached hydrogens (tertiary/aromatic N) is 2. The molecule has 3 aromatic carbocycles. The third-order valence-corrected chi connectivity index (χ3v) is 7.13. The monoisotopic (exact) mass is 514 g/mol. The van der Waals surface area contributed by atoms with Crippen LogP contribution in [0.2, 0.25) is 0 Å². The maximum absolute atomic E-state index is 13.9. The molecule has 0 radical (unpaired) electrons. The number of methoxy groups -OCH3 is 1. The van der Waals surface area contributed by atoms with Gasteiger partial charge in [-0.1, -0.05) is 61.4 Å². The van der Waals surface area contributed by atoms with E-state index in [0.29, 0.717) is 48.7 Å². The summed E-state index contributed by atoms with van der Waals surface area (Å²) < 4.78 is 11.8. The summed E-state index contributed by atoms with van der Waals surface area (Å²) in [5.74, 6) is 1.16. The van der Waals surface area contributed by atoms with Crippen LogP contribution >= 0.6 is 0 Å². The molecule has 0 aliphatic carbocycles. The minimum atomic E-state index is -0.218. The van der Waals surface area contributed by atoms with Crippen molar-refractivity contribution >= 4 is 11.8 Å². The molecule has 3 aromatic rings. The van der Waals surface area contributed by atoms with Crippen LogP contribution in [-0.2, 0) is 6.42 Å². The van der Waals surface area contributed by atoms with Crippen molar-refractivity contribution in [3.05, 3.63) is 95.6 Å². The van der Waals surface area contributed by atoms with Crippen molar-refractivity contribution in [2.75, 3.05) is 33.4 Å². The number of ether oxygens (including phenoxy) is 2. The standard InChI is InChI=1S/C32H38N2O4/c1-3-33-20-11-4-5-12-21-34(31(35)26-16-13-17-28(23-26)37-2)27(22-25-14-7-6-8-15-25)24-38-30-19-10-9-18-29(30)32(33)36/h6-10,13-19,23,27H,3-5,11-12,20-22,24H2,1-2H3/t27-/m1/s1. The van der Waals surface area contributed by atoms with E-state index in [1.807, 2.05) is 77.4 Å². The van der Waals surface area contributed by atoms with Crippen LogP contribution in [0.1, 0.15) is 58.9 Å². The first kappa shape index (κ1) is 27.2. The summed E-state index contributed by atoms with van der Waals surface area (Å²) in [4.78, 5) is 31.2. The van der Waals surface area contributed by atoms with E-state index in [9.17, 15) is 9.59 Å². The van der Waals surface area contributed by atoms with Crippen LogP contribution in [0.15, 0.2) is 78.9 Å². The van der Waals surface area contributed by atoms with Gasteiger partial charge in [-0.3, -0.25) is 9.59 Å². The second-order valence-corrected chi connectivity index (χ2v) is 9.68. The normalized spacial score (nSPS) is 17.2. The summed E-state index contributed by atoms with van der Waals surface area (Å²) in [7, 11) is 1.61. The molecule has 6 nitrogen and oxygen atoms in total. The third kappa shape index (κ3) is 6.94. The second kappa shape index (κ2) is 13.7. The Kier molecular flexibility index (Phi) is 9.79. The maximum atomic E-state index is 13.9. The lowest BCUT2D eigenvalue weighted by Crippen LogP contribution is -2.45. The lowest BCUT2D eigenvalue weighted by Gasteiger charge is -2.33. The summed E-state index contributed by atoms with van der Waals surface area (Å²) in [6, 6.07) is 24.7. The Labute approximate surface area is 226 Å². The average molecular weight is 515 g/mol. The molecule has 0 aromatic heterocycles. The summed E-state index contributed by atoms with van der Waals surface area (Å²) in [5, 5.41) is 0. The fourth-order valence-electron chi connectivity index (χ4n) is 4.98. The molecule has 1 heterocycles. The van der Waals surface area contributed by atoms with E-state index in [1.165, 1.54) is 0 Å². The summed E-state index contributed by atoms with van der Waals surface area (Å²) >= 11 is 0. The molecule has 0 saturated carbocycles. The van der Waals surface area contributed by atoms with Gasteiger partial charge in [0.05, 0.1) is 18.7 Å². The summed E-state index contributed by atoms with van der Waals surface area (Å²) in [5.41, 5.74) is 2.29. The van der Waals surface area contributed by atoms with Gasteiger partial charge in [0.2, 0.25) is 0 Å². The van der Waals surface area contributed by atoms with Gasteiger partial charge in [0, 0.05) is 25.2 Å². The largest absolute Gasteiger partial charge is 0.497 e. The van der Waals surface area contributed by atoms with Crippen LogP contribution < -0.4 is 9.47 Å². The van der Waals surface area contributed by atoms with Crippen LogP contribution in [0, 0.1) is 0 Å². The van der Waals surface area contributed by atoms with Gasteiger partial charge in [-0.15, -0.1) is 0 Å². The molecule has 0 saturated heterocycles. The van der Waals surface area contributed by atoms with E-state index in [4.69, 9.17) is 9.47 Å². The van der Waals surface area contributed by atoms with Gasteiger partial charge < -0.3 is 19.3 Å². The third-order valence-electron chi connectivity index (χ3n) is 7.13. The van der Waals surface area contributed by atoms with Crippen LogP contribution in [0.5, 0.6) is 11.5 Å². The van der Waals surface area contributed by atoms with Gasteiger partial charge in [0.1, 0.15) is 18.1 Å². The molecular formula is C32H38N2O4. The van der Waals surface area contributed by atoms with Crippen molar-refractivity contribution in [1.82, 2.24) is 9.80 Å². The zero-order valence-electron chi connectivity index (χ0n) is 22.5.